The minimum atomic E-state index is -1.43. The first-order valence-corrected chi connectivity index (χ1v) is 25.2. The molecule has 21 nitrogen and oxygen atoms in total. The van der Waals surface area contributed by atoms with Crippen LogP contribution in [0.15, 0.2) is 109 Å². The van der Waals surface area contributed by atoms with Crippen LogP contribution in [0, 0.1) is 11.6 Å². The van der Waals surface area contributed by atoms with E-state index in [1.54, 1.807) is 0 Å². The van der Waals surface area contributed by atoms with Crippen LogP contribution >= 0.6 is 0 Å². The summed E-state index contributed by atoms with van der Waals surface area (Å²) in [6.07, 6.45) is 3.15. The van der Waals surface area contributed by atoms with E-state index in [0.29, 0.717) is 98.7 Å². The fourth-order valence-electron chi connectivity index (χ4n) is 8.14. The van der Waals surface area contributed by atoms with Crippen LogP contribution < -0.4 is 22.1 Å². The lowest BCUT2D eigenvalue weighted by atomic mass is 10.0. The minimum Gasteiger partial charge on any atom is -0.480 e. The Morgan fingerprint density at radius 3 is 1.34 bits per heavy atom. The third-order valence-corrected chi connectivity index (χ3v) is 12.2. The van der Waals surface area contributed by atoms with Crippen molar-refractivity contribution < 1.29 is 62.3 Å². The zero-order valence-electron chi connectivity index (χ0n) is 42.7. The number of aliphatic carboxylic acids is 1. The number of carbonyl (C=O) groups is 5. The SMILES string of the molecule is NCCCC[C@H](N)C(=O)O.O=C(O)c1cc(-c2cc(C(=O)NCCCOCCOCCOCCCNC(=O)c3cc(-c4ccc(F)c(C(=O)O)c4)nc4n[nH]c(-c5ccccc5)c34)c3c(-c4ccccc4)[nH]nc3n2)ccc1F. The molecular weight excluding hydrogens is 1030 g/mol. The average molecular weight is 1090 g/mol. The summed E-state index contributed by atoms with van der Waals surface area (Å²) in [7, 11) is 0. The van der Waals surface area contributed by atoms with Gasteiger partial charge in [0, 0.05) is 48.6 Å². The number of unbranched alkanes of at least 4 members (excludes halogenated alkanes) is 1. The number of carboxylic acid groups (broad SMARTS) is 3. The van der Waals surface area contributed by atoms with E-state index in [4.69, 9.17) is 30.8 Å². The highest BCUT2D eigenvalue weighted by atomic mass is 19.1. The number of ether oxygens (including phenoxy) is 3. The van der Waals surface area contributed by atoms with Gasteiger partial charge in [0.2, 0.25) is 0 Å². The Morgan fingerprint density at radius 1 is 0.532 bits per heavy atom. The van der Waals surface area contributed by atoms with Gasteiger partial charge in [0.15, 0.2) is 11.3 Å². The van der Waals surface area contributed by atoms with Crippen LogP contribution in [0.25, 0.3) is 67.1 Å². The molecule has 4 aromatic heterocycles. The van der Waals surface area contributed by atoms with Crippen LogP contribution in [0.4, 0.5) is 8.78 Å². The van der Waals surface area contributed by atoms with Crippen molar-refractivity contribution in [1.29, 1.82) is 0 Å². The number of carboxylic acids is 3. The zero-order chi connectivity index (χ0) is 56.3. The maximum atomic E-state index is 14.2. The van der Waals surface area contributed by atoms with Crippen LogP contribution in [0.5, 0.6) is 0 Å². The van der Waals surface area contributed by atoms with Crippen molar-refractivity contribution in [2.45, 2.75) is 38.1 Å². The molecule has 0 aliphatic heterocycles. The highest BCUT2D eigenvalue weighted by Crippen LogP contribution is 2.34. The quantitative estimate of drug-likeness (QED) is 0.0232. The highest BCUT2D eigenvalue weighted by molar-refractivity contribution is 6.12. The summed E-state index contributed by atoms with van der Waals surface area (Å²) >= 11 is 0. The molecule has 0 fully saturated rings. The molecule has 0 radical (unpaired) electrons. The topological polar surface area (TPSA) is 333 Å². The summed E-state index contributed by atoms with van der Waals surface area (Å²) in [5.74, 6) is -6.40. The molecule has 0 saturated heterocycles. The number of halogens is 2. The number of aromatic nitrogens is 6. The van der Waals surface area contributed by atoms with Crippen LogP contribution in [-0.2, 0) is 19.0 Å². The lowest BCUT2D eigenvalue weighted by molar-refractivity contribution is -0.138. The molecule has 4 heterocycles. The standard InChI is InChI=1S/C50H44F2N8O9.C6H14N2O2/c51-37-15-13-31(25-33(37)49(63)64)39-27-35(41-43(57-59-45(41)55-39)29-9-3-1-4-10-29)47(61)53-17-7-19-67-21-23-69-24-22-68-20-8-18-54-48(62)36-28-40(32-14-16-38(52)34(26-32)50(65)66)56-46-42(36)44(58-60-46)30-11-5-2-6-12-30;7-4-2-1-3-5(8)6(9)10/h1-6,9-16,25-28H,7-8,17-24H2,(H,53,61)(H,54,62)(H,63,64)(H,65,66)(H,55,57,59)(H,56,58,60);5H,1-4,7-8H2,(H,9,10)/t;5-/m.0/s1. The van der Waals surface area contributed by atoms with Gasteiger partial charge in [0.05, 0.1) is 82.2 Å². The molecule has 11 N–H and O–H groups in total. The molecule has 0 aliphatic rings. The van der Waals surface area contributed by atoms with E-state index in [-0.39, 0.29) is 46.9 Å². The van der Waals surface area contributed by atoms with E-state index in [1.165, 1.54) is 36.4 Å². The lowest BCUT2D eigenvalue weighted by Gasteiger charge is -2.11. The number of hydrogen-bond acceptors (Lipinski definition) is 14. The number of hydrogen-bond donors (Lipinski definition) is 9. The molecule has 8 rings (SSSR count). The summed E-state index contributed by atoms with van der Waals surface area (Å²) in [5, 5.41) is 48.7. The van der Waals surface area contributed by atoms with E-state index < -0.39 is 58.5 Å². The molecule has 79 heavy (non-hydrogen) atoms. The number of fused-ring (bicyclic) bond motifs is 2. The second-order valence-corrected chi connectivity index (χ2v) is 17.7. The van der Waals surface area contributed by atoms with Crippen LogP contribution in [-0.4, -0.2) is 141 Å². The first kappa shape index (κ1) is 57.8. The summed E-state index contributed by atoms with van der Waals surface area (Å²) in [4.78, 5) is 69.9. The first-order valence-electron chi connectivity index (χ1n) is 25.2. The second kappa shape index (κ2) is 28.5. The van der Waals surface area contributed by atoms with Crippen LogP contribution in [0.2, 0.25) is 0 Å². The third-order valence-electron chi connectivity index (χ3n) is 12.2. The maximum absolute atomic E-state index is 14.2. The lowest BCUT2D eigenvalue weighted by Crippen LogP contribution is -2.29. The fraction of sp³-hybridized carbons (Fsp3) is 0.268. The van der Waals surface area contributed by atoms with Crippen molar-refractivity contribution in [3.8, 4) is 45.0 Å². The van der Waals surface area contributed by atoms with E-state index in [9.17, 15) is 43.0 Å². The number of H-pyrrole nitrogens is 2. The Morgan fingerprint density at radius 2 is 0.949 bits per heavy atom. The van der Waals surface area contributed by atoms with Crippen molar-refractivity contribution in [2.24, 2.45) is 11.5 Å². The first-order chi connectivity index (χ1) is 38.2. The van der Waals surface area contributed by atoms with Crippen molar-refractivity contribution in [2.75, 3.05) is 59.3 Å². The van der Waals surface area contributed by atoms with Gasteiger partial charge in [-0.1, -0.05) is 67.1 Å². The Bertz CT molecular complexity index is 3190. The van der Waals surface area contributed by atoms with Gasteiger partial charge in [-0.15, -0.1) is 0 Å². The van der Waals surface area contributed by atoms with E-state index >= 15 is 0 Å². The number of amides is 2. The van der Waals surface area contributed by atoms with Gasteiger partial charge in [-0.2, -0.15) is 10.2 Å². The number of aromatic amines is 2. The van der Waals surface area contributed by atoms with E-state index in [1.807, 2.05) is 60.7 Å². The van der Waals surface area contributed by atoms with Crippen molar-refractivity contribution >= 4 is 51.8 Å². The van der Waals surface area contributed by atoms with E-state index in [0.717, 1.165) is 36.1 Å². The van der Waals surface area contributed by atoms with Gasteiger partial charge < -0.3 is 51.6 Å². The largest absolute Gasteiger partial charge is 0.480 e. The Hall–Kier alpha value is -8.87. The molecule has 412 valence electrons. The van der Waals surface area contributed by atoms with Gasteiger partial charge in [0.1, 0.15) is 17.7 Å². The molecule has 4 aromatic carbocycles. The Labute approximate surface area is 450 Å². The maximum Gasteiger partial charge on any atom is 0.338 e. The number of benzene rings is 4. The van der Waals surface area contributed by atoms with Gasteiger partial charge in [-0.05, 0) is 80.8 Å². The Kier molecular flexibility index (Phi) is 20.9. The molecule has 0 aliphatic carbocycles. The molecule has 0 spiro atoms. The van der Waals surface area contributed by atoms with Gasteiger partial charge >= 0.3 is 17.9 Å². The minimum absolute atomic E-state index is 0.230. The highest BCUT2D eigenvalue weighted by Gasteiger charge is 2.24. The number of rotatable bonds is 27. The summed E-state index contributed by atoms with van der Waals surface area (Å²) < 4.78 is 45.4. The van der Waals surface area contributed by atoms with Crippen molar-refractivity contribution in [1.82, 2.24) is 41.0 Å². The van der Waals surface area contributed by atoms with Gasteiger partial charge in [0.25, 0.3) is 11.8 Å². The number of nitrogens with zero attached hydrogens (tertiary/aromatic N) is 4. The number of aromatic carboxylic acids is 2. The number of nitrogens with two attached hydrogens (primary N) is 2. The summed E-state index contributed by atoms with van der Waals surface area (Å²) in [6.45, 7) is 3.11. The van der Waals surface area contributed by atoms with E-state index in [2.05, 4.69) is 41.0 Å². The molecule has 2 amide bonds. The second-order valence-electron chi connectivity index (χ2n) is 17.7. The average Bonchev–Trinajstić information content (AvgIpc) is 4.35. The fourth-order valence-corrected chi connectivity index (χ4v) is 8.14. The molecule has 0 unspecified atom stereocenters. The monoisotopic (exact) mass is 1080 g/mol. The van der Waals surface area contributed by atoms with Gasteiger partial charge in [-0.3, -0.25) is 24.6 Å². The summed E-state index contributed by atoms with van der Waals surface area (Å²) in [6, 6.07) is 28.2. The summed E-state index contributed by atoms with van der Waals surface area (Å²) in [5.41, 5.74) is 14.2. The zero-order valence-corrected chi connectivity index (χ0v) is 42.7. The molecule has 0 saturated carbocycles. The smallest absolute Gasteiger partial charge is 0.338 e. The van der Waals surface area contributed by atoms with Gasteiger partial charge in [-0.25, -0.2) is 28.3 Å². The Balaban J connectivity index is 0.000000821. The predicted octanol–water partition coefficient (Wildman–Crippen LogP) is 7.09. The predicted molar refractivity (Wildman–Crippen MR) is 288 cm³/mol. The number of carbonyl (C=O) groups excluding carboxylic acids is 2. The number of nitrogens with one attached hydrogen (secondary N) is 4. The van der Waals surface area contributed by atoms with Crippen LogP contribution in [0.1, 0.15) is 73.5 Å². The van der Waals surface area contributed by atoms with Crippen molar-refractivity contribution in [3.05, 3.63) is 143 Å². The molecule has 0 bridgehead atoms. The van der Waals surface area contributed by atoms with Crippen LogP contribution in [0.3, 0.4) is 0 Å². The van der Waals surface area contributed by atoms with Crippen molar-refractivity contribution in [3.63, 3.8) is 0 Å². The third kappa shape index (κ3) is 15.4. The number of pyridine rings is 2. The molecule has 23 heteroatoms. The molecular formula is C56H58F2N10O11. The molecule has 1 atom stereocenters. The normalized spacial score (nSPS) is 11.5. The molecule has 8 aromatic rings.